The molecule has 4 aliphatic carbocycles. The number of anilines is 1. The first kappa shape index (κ1) is 26.5. The van der Waals surface area contributed by atoms with Gasteiger partial charge in [-0.15, -0.1) is 0 Å². The zero-order valence-electron chi connectivity index (χ0n) is 21.9. The van der Waals surface area contributed by atoms with E-state index in [0.717, 1.165) is 17.8 Å². The third-order valence-electron chi connectivity index (χ3n) is 8.73. The van der Waals surface area contributed by atoms with Gasteiger partial charge in [0, 0.05) is 13.1 Å². The van der Waals surface area contributed by atoms with Gasteiger partial charge in [0.2, 0.25) is 10.0 Å². The van der Waals surface area contributed by atoms with Gasteiger partial charge >= 0.3 is 0 Å². The number of nitrogens with one attached hydrogen (secondary N) is 1. The number of halogens is 1. The number of amides is 1. The zero-order chi connectivity index (χ0) is 26.4. The van der Waals surface area contributed by atoms with E-state index in [-0.39, 0.29) is 15.6 Å². The van der Waals surface area contributed by atoms with Crippen LogP contribution < -0.4 is 10.1 Å². The number of carbonyl (C=O) groups is 1. The Labute approximate surface area is 225 Å². The summed E-state index contributed by atoms with van der Waals surface area (Å²) in [5.41, 5.74) is 1.98. The minimum absolute atomic E-state index is 0.0877. The van der Waals surface area contributed by atoms with E-state index in [1.54, 1.807) is 20.8 Å². The van der Waals surface area contributed by atoms with Crippen molar-refractivity contribution in [2.45, 2.75) is 75.7 Å². The van der Waals surface area contributed by atoms with Gasteiger partial charge in [-0.1, -0.05) is 37.6 Å². The molecule has 6 nitrogen and oxygen atoms in total. The molecule has 0 radical (unpaired) electrons. The van der Waals surface area contributed by atoms with Gasteiger partial charge in [-0.3, -0.25) is 4.79 Å². The average Bonchev–Trinajstić information content (AvgIpc) is 2.85. The molecule has 0 heterocycles. The molecule has 6 rings (SSSR count). The lowest BCUT2D eigenvalue weighted by Gasteiger charge is -2.57. The number of benzene rings is 2. The molecule has 0 aliphatic heterocycles. The molecule has 0 aromatic heterocycles. The van der Waals surface area contributed by atoms with Gasteiger partial charge in [0.1, 0.15) is 5.75 Å². The standard InChI is InChI=1S/C29H37ClN2O4S/c1-4-32(5-2)37(34,35)25-10-11-26(30)27(15-25)31-28(33)19(3)36-24-8-6-23(7-9-24)29-16-20-12-21(17-29)14-22(13-20)18-29/h6-11,15,19-22H,4-5,12-14,16-18H2,1-3H3,(H,31,33)/t19-,20?,21?,22?,29?/m1/s1. The van der Waals surface area contributed by atoms with Crippen LogP contribution in [0.1, 0.15) is 64.9 Å². The first-order chi connectivity index (χ1) is 17.6. The van der Waals surface area contributed by atoms with Crippen LogP contribution in [-0.4, -0.2) is 37.8 Å². The van der Waals surface area contributed by atoms with E-state index in [2.05, 4.69) is 17.4 Å². The molecule has 2 aromatic rings. The highest BCUT2D eigenvalue weighted by Crippen LogP contribution is 2.60. The first-order valence-electron chi connectivity index (χ1n) is 13.5. The van der Waals surface area contributed by atoms with Gasteiger partial charge < -0.3 is 10.1 Å². The third kappa shape index (κ3) is 5.15. The van der Waals surface area contributed by atoms with Crippen molar-refractivity contribution in [2.75, 3.05) is 18.4 Å². The molecule has 8 heteroatoms. The summed E-state index contributed by atoms with van der Waals surface area (Å²) in [4.78, 5) is 13.0. The average molecular weight is 545 g/mol. The summed E-state index contributed by atoms with van der Waals surface area (Å²) in [6.07, 6.45) is 7.39. The summed E-state index contributed by atoms with van der Waals surface area (Å²) in [5, 5.41) is 3.00. The largest absolute Gasteiger partial charge is 0.481 e. The van der Waals surface area contributed by atoms with Crippen LogP contribution in [0.15, 0.2) is 47.4 Å². The van der Waals surface area contributed by atoms with Gasteiger partial charge in [-0.25, -0.2) is 8.42 Å². The SMILES string of the molecule is CCN(CC)S(=O)(=O)c1ccc(Cl)c(NC(=O)[C@@H](C)Oc2ccc(C34CC5CC(CC(C5)C3)C4)cc2)c1. The van der Waals surface area contributed by atoms with E-state index in [9.17, 15) is 13.2 Å². The van der Waals surface area contributed by atoms with E-state index >= 15 is 0 Å². The van der Waals surface area contributed by atoms with Crippen molar-refractivity contribution in [3.63, 3.8) is 0 Å². The van der Waals surface area contributed by atoms with E-state index in [0.29, 0.717) is 24.3 Å². The highest BCUT2D eigenvalue weighted by molar-refractivity contribution is 7.89. The molecule has 4 fully saturated rings. The minimum atomic E-state index is -3.67. The van der Waals surface area contributed by atoms with Crippen molar-refractivity contribution >= 4 is 33.2 Å². The van der Waals surface area contributed by atoms with Crippen molar-refractivity contribution < 1.29 is 17.9 Å². The predicted molar refractivity (Wildman–Crippen MR) is 147 cm³/mol. The highest BCUT2D eigenvalue weighted by Gasteiger charge is 2.51. The molecule has 1 amide bonds. The summed E-state index contributed by atoms with van der Waals surface area (Å²) in [7, 11) is -3.67. The maximum atomic E-state index is 12.9. The maximum Gasteiger partial charge on any atom is 0.265 e. The number of nitrogens with zero attached hydrogens (tertiary/aromatic N) is 1. The summed E-state index contributed by atoms with van der Waals surface area (Å²) in [6.45, 7) is 5.96. The van der Waals surface area contributed by atoms with Crippen LogP contribution in [-0.2, 0) is 20.2 Å². The number of sulfonamides is 1. The summed E-state index contributed by atoms with van der Waals surface area (Å²) >= 11 is 6.28. The van der Waals surface area contributed by atoms with Crippen LogP contribution in [0.4, 0.5) is 5.69 Å². The lowest BCUT2D eigenvalue weighted by Crippen LogP contribution is -2.48. The maximum absolute atomic E-state index is 12.9. The van der Waals surface area contributed by atoms with Gasteiger partial charge in [0.15, 0.2) is 6.10 Å². The smallest absolute Gasteiger partial charge is 0.265 e. The normalized spacial score (nSPS) is 27.3. The summed E-state index contributed by atoms with van der Waals surface area (Å²) in [6, 6.07) is 12.7. The second kappa shape index (κ2) is 10.2. The Hall–Kier alpha value is -2.09. The molecule has 200 valence electrons. The second-order valence-corrected chi connectivity index (χ2v) is 13.5. The summed E-state index contributed by atoms with van der Waals surface area (Å²) < 4.78 is 33.1. The van der Waals surface area contributed by atoms with Crippen LogP contribution in [0.5, 0.6) is 5.75 Å². The van der Waals surface area contributed by atoms with Gasteiger partial charge in [-0.05, 0) is 105 Å². The number of ether oxygens (including phenoxy) is 1. The van der Waals surface area contributed by atoms with Crippen LogP contribution in [0, 0.1) is 17.8 Å². The lowest BCUT2D eigenvalue weighted by molar-refractivity contribution is -0.122. The molecule has 0 spiro atoms. The number of carbonyl (C=O) groups excluding carboxylic acids is 1. The van der Waals surface area contributed by atoms with Gasteiger partial charge in [0.05, 0.1) is 15.6 Å². The fourth-order valence-electron chi connectivity index (χ4n) is 7.32. The topological polar surface area (TPSA) is 75.7 Å². The fourth-order valence-corrected chi connectivity index (χ4v) is 8.97. The van der Waals surface area contributed by atoms with Crippen molar-refractivity contribution in [3.8, 4) is 5.75 Å². The quantitative estimate of drug-likeness (QED) is 0.405. The minimum Gasteiger partial charge on any atom is -0.481 e. The fraction of sp³-hybridized carbons (Fsp3) is 0.552. The Bertz CT molecular complexity index is 1220. The molecule has 37 heavy (non-hydrogen) atoms. The number of hydrogen-bond acceptors (Lipinski definition) is 4. The van der Waals surface area contributed by atoms with E-state index in [4.69, 9.17) is 16.3 Å². The number of rotatable bonds is 9. The zero-order valence-corrected chi connectivity index (χ0v) is 23.4. The molecule has 0 saturated heterocycles. The van der Waals surface area contributed by atoms with Gasteiger partial charge in [0.25, 0.3) is 5.91 Å². The second-order valence-electron chi connectivity index (χ2n) is 11.2. The first-order valence-corrected chi connectivity index (χ1v) is 15.3. The Morgan fingerprint density at radius 2 is 1.59 bits per heavy atom. The van der Waals surface area contributed by atoms with Crippen LogP contribution in [0.2, 0.25) is 5.02 Å². The molecule has 4 saturated carbocycles. The predicted octanol–water partition coefficient (Wildman–Crippen LogP) is 6.24. The molecule has 1 N–H and O–H groups in total. The van der Waals surface area contributed by atoms with Gasteiger partial charge in [-0.2, -0.15) is 4.31 Å². The molecule has 4 bridgehead atoms. The summed E-state index contributed by atoms with van der Waals surface area (Å²) in [5.74, 6) is 2.90. The van der Waals surface area contributed by atoms with Crippen molar-refractivity contribution in [1.82, 2.24) is 4.31 Å². The monoisotopic (exact) mass is 544 g/mol. The molecule has 1 atom stereocenters. The third-order valence-corrected chi connectivity index (χ3v) is 11.1. The van der Waals surface area contributed by atoms with E-state index in [1.165, 1.54) is 66.6 Å². The Kier molecular flexibility index (Phi) is 7.33. The molecule has 2 aromatic carbocycles. The van der Waals surface area contributed by atoms with Crippen molar-refractivity contribution in [1.29, 1.82) is 0 Å². The van der Waals surface area contributed by atoms with Crippen LogP contribution >= 0.6 is 11.6 Å². The lowest BCUT2D eigenvalue weighted by atomic mass is 9.48. The molecule has 0 unspecified atom stereocenters. The van der Waals surface area contributed by atoms with Crippen LogP contribution in [0.25, 0.3) is 0 Å². The Balaban J connectivity index is 1.25. The Morgan fingerprint density at radius 1 is 1.03 bits per heavy atom. The molecular weight excluding hydrogens is 508 g/mol. The van der Waals surface area contributed by atoms with Crippen LogP contribution in [0.3, 0.4) is 0 Å². The van der Waals surface area contributed by atoms with E-state index in [1.807, 2.05) is 12.1 Å². The molecular formula is C29H37ClN2O4S. The van der Waals surface area contributed by atoms with E-state index < -0.39 is 22.0 Å². The van der Waals surface area contributed by atoms with Crippen molar-refractivity contribution in [3.05, 3.63) is 53.1 Å². The highest BCUT2D eigenvalue weighted by atomic mass is 35.5. The van der Waals surface area contributed by atoms with Crippen molar-refractivity contribution in [2.24, 2.45) is 17.8 Å². The Morgan fingerprint density at radius 3 is 2.14 bits per heavy atom. The number of hydrogen-bond donors (Lipinski definition) is 1. The molecule has 4 aliphatic rings.